The molecule has 3 heterocycles. The minimum atomic E-state index is -0.386. The van der Waals surface area contributed by atoms with E-state index in [0.29, 0.717) is 35.0 Å². The summed E-state index contributed by atoms with van der Waals surface area (Å²) in [5, 5.41) is 5.17. The Balaban J connectivity index is 1.50. The first kappa shape index (κ1) is 21.6. The number of aromatic nitrogens is 1. The highest BCUT2D eigenvalue weighted by Crippen LogP contribution is 2.22. The van der Waals surface area contributed by atoms with Gasteiger partial charge >= 0.3 is 5.97 Å². The molecule has 2 aromatic rings. The molecule has 1 aliphatic heterocycles. The van der Waals surface area contributed by atoms with E-state index in [1.807, 2.05) is 13.8 Å². The topological polar surface area (TPSA) is 74.4 Å². The van der Waals surface area contributed by atoms with Crippen molar-refractivity contribution in [2.24, 2.45) is 5.92 Å². The third-order valence-electron chi connectivity index (χ3n) is 5.43. The summed E-state index contributed by atoms with van der Waals surface area (Å²) < 4.78 is 5.30. The Labute approximate surface area is 176 Å². The Bertz CT molecular complexity index is 834. The number of hydrogen-bond acceptors (Lipinski definition) is 5. The number of likely N-dealkylation sites (tertiary alicyclic amines) is 1. The largest absolute Gasteiger partial charge is 0.459 e. The predicted octanol–water partition coefficient (Wildman–Crippen LogP) is 3.90. The molecular formula is C22H31N3O3S. The number of nitrogens with one attached hydrogen (secondary N) is 2. The molecule has 0 atom stereocenters. The number of H-pyrrole nitrogens is 1. The number of aryl methyl sites for hydroxylation is 1. The maximum atomic E-state index is 12.7. The van der Waals surface area contributed by atoms with Crippen molar-refractivity contribution in [2.45, 2.75) is 53.2 Å². The lowest BCUT2D eigenvalue weighted by molar-refractivity contribution is 0.0376. The molecule has 1 amide bonds. The van der Waals surface area contributed by atoms with E-state index in [1.54, 1.807) is 25.2 Å². The highest BCUT2D eigenvalue weighted by atomic mass is 32.1. The van der Waals surface area contributed by atoms with Crippen molar-refractivity contribution in [1.82, 2.24) is 15.2 Å². The summed E-state index contributed by atoms with van der Waals surface area (Å²) >= 11 is 1.80. The number of carbonyl (C=O) groups is 2. The molecule has 158 valence electrons. The van der Waals surface area contributed by atoms with E-state index in [2.05, 4.69) is 32.7 Å². The SMILES string of the molecule is Cc1[nH]c(C(=O)NCC2CCN(Cc3cccs3)CC2)c(C)c1C(=O)OC(C)C. The van der Waals surface area contributed by atoms with E-state index >= 15 is 0 Å². The molecule has 3 rings (SSSR count). The van der Waals surface area contributed by atoms with Crippen LogP contribution < -0.4 is 5.32 Å². The van der Waals surface area contributed by atoms with Crippen LogP contribution in [0.15, 0.2) is 17.5 Å². The number of amides is 1. The monoisotopic (exact) mass is 417 g/mol. The number of aromatic amines is 1. The number of hydrogen-bond donors (Lipinski definition) is 2. The van der Waals surface area contributed by atoms with Crippen molar-refractivity contribution in [2.75, 3.05) is 19.6 Å². The number of rotatable bonds is 7. The summed E-state index contributed by atoms with van der Waals surface area (Å²) in [7, 11) is 0. The van der Waals surface area contributed by atoms with Gasteiger partial charge in [-0.05, 0) is 76.6 Å². The molecule has 0 radical (unpaired) electrons. The van der Waals surface area contributed by atoms with E-state index in [-0.39, 0.29) is 18.0 Å². The number of ether oxygens (including phenoxy) is 1. The van der Waals surface area contributed by atoms with Gasteiger partial charge in [-0.15, -0.1) is 11.3 Å². The standard InChI is InChI=1S/C22H31N3O3S/c1-14(2)28-22(27)19-15(3)20(24-16(19)4)21(26)23-12-17-7-9-25(10-8-17)13-18-6-5-11-29-18/h5-6,11,14,17,24H,7-10,12-13H2,1-4H3,(H,23,26). The summed E-state index contributed by atoms with van der Waals surface area (Å²) in [6.07, 6.45) is 1.97. The molecule has 2 N–H and O–H groups in total. The summed E-state index contributed by atoms with van der Waals surface area (Å²) in [6.45, 7) is 11.0. The average molecular weight is 418 g/mol. The van der Waals surface area contributed by atoms with Gasteiger partial charge in [0.2, 0.25) is 0 Å². The number of esters is 1. The lowest BCUT2D eigenvalue weighted by Crippen LogP contribution is -2.38. The Morgan fingerprint density at radius 1 is 1.31 bits per heavy atom. The van der Waals surface area contributed by atoms with Gasteiger partial charge in [0.25, 0.3) is 5.91 Å². The first-order chi connectivity index (χ1) is 13.8. The summed E-state index contributed by atoms with van der Waals surface area (Å²) in [4.78, 5) is 31.9. The van der Waals surface area contributed by atoms with Gasteiger partial charge in [0.15, 0.2) is 0 Å². The van der Waals surface area contributed by atoms with Crippen molar-refractivity contribution >= 4 is 23.2 Å². The highest BCUT2D eigenvalue weighted by molar-refractivity contribution is 7.09. The maximum Gasteiger partial charge on any atom is 0.340 e. The van der Waals surface area contributed by atoms with Gasteiger partial charge in [0, 0.05) is 23.7 Å². The van der Waals surface area contributed by atoms with Gasteiger partial charge < -0.3 is 15.0 Å². The van der Waals surface area contributed by atoms with Crippen LogP contribution in [0.3, 0.4) is 0 Å². The highest BCUT2D eigenvalue weighted by Gasteiger charge is 2.25. The zero-order valence-electron chi connectivity index (χ0n) is 17.7. The summed E-state index contributed by atoms with van der Waals surface area (Å²) in [5.74, 6) is -0.0566. The molecule has 1 fully saturated rings. The van der Waals surface area contributed by atoms with E-state index in [4.69, 9.17) is 4.74 Å². The Morgan fingerprint density at radius 3 is 2.66 bits per heavy atom. The van der Waals surface area contributed by atoms with Crippen LogP contribution in [0, 0.1) is 19.8 Å². The zero-order valence-corrected chi connectivity index (χ0v) is 18.5. The molecule has 1 saturated heterocycles. The van der Waals surface area contributed by atoms with Crippen LogP contribution in [-0.2, 0) is 11.3 Å². The number of thiophene rings is 1. The molecule has 29 heavy (non-hydrogen) atoms. The quantitative estimate of drug-likeness (QED) is 0.670. The Hall–Kier alpha value is -2.12. The predicted molar refractivity (Wildman–Crippen MR) is 115 cm³/mol. The van der Waals surface area contributed by atoms with Crippen LogP contribution in [0.25, 0.3) is 0 Å². The van der Waals surface area contributed by atoms with Crippen LogP contribution in [-0.4, -0.2) is 47.5 Å². The van der Waals surface area contributed by atoms with Gasteiger partial charge in [-0.2, -0.15) is 0 Å². The third kappa shape index (κ3) is 5.48. The van der Waals surface area contributed by atoms with Gasteiger partial charge in [0.05, 0.1) is 11.7 Å². The molecule has 0 spiro atoms. The molecule has 0 bridgehead atoms. The average Bonchev–Trinajstić information content (AvgIpc) is 3.27. The van der Waals surface area contributed by atoms with Crippen molar-refractivity contribution in [3.8, 4) is 0 Å². The van der Waals surface area contributed by atoms with Gasteiger partial charge in [-0.3, -0.25) is 9.69 Å². The first-order valence-electron chi connectivity index (χ1n) is 10.3. The van der Waals surface area contributed by atoms with Gasteiger partial charge in [0.1, 0.15) is 5.69 Å². The normalized spacial score (nSPS) is 15.6. The second-order valence-electron chi connectivity index (χ2n) is 8.09. The molecule has 0 saturated carbocycles. The fourth-order valence-electron chi connectivity index (χ4n) is 3.85. The third-order valence-corrected chi connectivity index (χ3v) is 6.29. The first-order valence-corrected chi connectivity index (χ1v) is 11.2. The smallest absolute Gasteiger partial charge is 0.340 e. The second kappa shape index (κ2) is 9.59. The van der Waals surface area contributed by atoms with Crippen LogP contribution >= 0.6 is 11.3 Å². The van der Waals surface area contributed by atoms with E-state index in [1.165, 1.54) is 4.88 Å². The Kier molecular flexibility index (Phi) is 7.14. The van der Waals surface area contributed by atoms with Crippen molar-refractivity contribution in [3.05, 3.63) is 44.9 Å². The lowest BCUT2D eigenvalue weighted by Gasteiger charge is -2.31. The molecule has 0 unspecified atom stereocenters. The number of piperidine rings is 1. The van der Waals surface area contributed by atoms with Crippen LogP contribution in [0.5, 0.6) is 0 Å². The number of nitrogens with zero attached hydrogens (tertiary/aromatic N) is 1. The Morgan fingerprint density at radius 2 is 2.03 bits per heavy atom. The summed E-state index contributed by atoms with van der Waals surface area (Å²) in [6, 6.07) is 4.28. The number of carbonyl (C=O) groups excluding carboxylic acids is 2. The van der Waals surface area contributed by atoms with E-state index in [9.17, 15) is 9.59 Å². The van der Waals surface area contributed by atoms with Gasteiger partial charge in [-0.1, -0.05) is 6.07 Å². The van der Waals surface area contributed by atoms with Crippen molar-refractivity contribution in [3.63, 3.8) is 0 Å². The fraction of sp³-hybridized carbons (Fsp3) is 0.545. The molecule has 0 aliphatic carbocycles. The lowest BCUT2D eigenvalue weighted by atomic mass is 9.96. The molecular weight excluding hydrogens is 386 g/mol. The van der Waals surface area contributed by atoms with E-state index < -0.39 is 0 Å². The van der Waals surface area contributed by atoms with Crippen LogP contribution in [0.1, 0.15) is 63.7 Å². The molecule has 1 aliphatic rings. The molecule has 2 aromatic heterocycles. The van der Waals surface area contributed by atoms with Crippen LogP contribution in [0.4, 0.5) is 0 Å². The molecule has 0 aromatic carbocycles. The summed E-state index contributed by atoms with van der Waals surface area (Å²) in [5.41, 5.74) is 2.23. The minimum absolute atomic E-state index is 0.157. The van der Waals surface area contributed by atoms with E-state index in [0.717, 1.165) is 32.5 Å². The van der Waals surface area contributed by atoms with Gasteiger partial charge in [-0.25, -0.2) is 4.79 Å². The minimum Gasteiger partial charge on any atom is -0.459 e. The second-order valence-corrected chi connectivity index (χ2v) is 9.12. The van der Waals surface area contributed by atoms with Crippen molar-refractivity contribution in [1.29, 1.82) is 0 Å². The molecule has 6 nitrogen and oxygen atoms in total. The van der Waals surface area contributed by atoms with Crippen molar-refractivity contribution < 1.29 is 14.3 Å². The fourth-order valence-corrected chi connectivity index (χ4v) is 4.60. The van der Waals surface area contributed by atoms with Crippen LogP contribution in [0.2, 0.25) is 0 Å². The zero-order chi connectivity index (χ0) is 21.0. The molecule has 7 heteroatoms. The maximum absolute atomic E-state index is 12.7.